The number of nitrogens with two attached hydrogens (primary N) is 1. The van der Waals surface area contributed by atoms with E-state index in [2.05, 4.69) is 0 Å². The van der Waals surface area contributed by atoms with E-state index in [4.69, 9.17) is 22.6 Å². The lowest BCUT2D eigenvalue weighted by Crippen LogP contribution is -2.48. The van der Waals surface area contributed by atoms with Gasteiger partial charge in [0.2, 0.25) is 10.0 Å². The van der Waals surface area contributed by atoms with Crippen LogP contribution in [0.3, 0.4) is 0 Å². The van der Waals surface area contributed by atoms with Crippen LogP contribution in [0.15, 0.2) is 23.1 Å². The highest BCUT2D eigenvalue weighted by molar-refractivity contribution is 7.89. The van der Waals surface area contributed by atoms with Crippen molar-refractivity contribution in [1.29, 1.82) is 5.26 Å². The molecule has 1 aromatic rings. The van der Waals surface area contributed by atoms with Crippen molar-refractivity contribution in [3.8, 4) is 6.07 Å². The van der Waals surface area contributed by atoms with Crippen molar-refractivity contribution in [3.63, 3.8) is 0 Å². The Labute approximate surface area is 136 Å². The zero-order valence-corrected chi connectivity index (χ0v) is 13.9. The first-order valence-electron chi connectivity index (χ1n) is 6.31. The van der Waals surface area contributed by atoms with Crippen LogP contribution in [0.25, 0.3) is 0 Å². The Hall–Kier alpha value is -0.840. The first-order chi connectivity index (χ1) is 9.36. The van der Waals surface area contributed by atoms with Gasteiger partial charge in [-0.25, -0.2) is 8.42 Å². The van der Waals surface area contributed by atoms with Crippen LogP contribution >= 0.6 is 24.0 Å². The zero-order valence-electron chi connectivity index (χ0n) is 11.5. The Morgan fingerprint density at radius 1 is 1.48 bits per heavy atom. The molecular weight excluding hydrogens is 333 g/mol. The number of nitrogens with zero attached hydrogens (tertiary/aromatic N) is 2. The molecule has 0 bridgehead atoms. The Balaban J connectivity index is 0.00000220. The molecule has 2 rings (SSSR count). The normalized spacial score (nSPS) is 23.1. The van der Waals surface area contributed by atoms with E-state index >= 15 is 0 Å². The number of benzene rings is 1. The zero-order chi connectivity index (χ0) is 14.9. The van der Waals surface area contributed by atoms with Crippen LogP contribution in [-0.4, -0.2) is 31.9 Å². The SMILES string of the molecule is CC1CN(S(=O)(=O)c2ccc(C#N)c(Cl)c2)CCC1N.Cl. The van der Waals surface area contributed by atoms with Gasteiger partial charge in [-0.1, -0.05) is 18.5 Å². The lowest BCUT2D eigenvalue weighted by atomic mass is 9.96. The molecule has 1 aliphatic heterocycles. The molecule has 5 nitrogen and oxygen atoms in total. The molecule has 2 unspecified atom stereocenters. The quantitative estimate of drug-likeness (QED) is 0.884. The molecule has 1 heterocycles. The standard InChI is InChI=1S/C13H16ClN3O2S.ClH/c1-9-8-17(5-4-13(9)16)20(18,19)11-3-2-10(7-15)12(14)6-11;/h2-3,6,9,13H,4-5,8,16H2,1H3;1H. The van der Waals surface area contributed by atoms with Gasteiger partial charge in [0.25, 0.3) is 0 Å². The summed E-state index contributed by atoms with van der Waals surface area (Å²) in [5.74, 6) is 0.118. The Kier molecular flexibility index (Phi) is 6.02. The van der Waals surface area contributed by atoms with E-state index in [0.29, 0.717) is 19.5 Å². The second kappa shape index (κ2) is 6.95. The van der Waals surface area contributed by atoms with Crippen LogP contribution in [-0.2, 0) is 10.0 Å². The van der Waals surface area contributed by atoms with Crippen LogP contribution in [0, 0.1) is 17.2 Å². The number of hydrogen-bond acceptors (Lipinski definition) is 4. The second-order valence-electron chi connectivity index (χ2n) is 5.05. The second-order valence-corrected chi connectivity index (χ2v) is 7.39. The molecule has 116 valence electrons. The van der Waals surface area contributed by atoms with Crippen molar-refractivity contribution in [2.45, 2.75) is 24.3 Å². The molecule has 1 aromatic carbocycles. The molecule has 1 aliphatic rings. The minimum Gasteiger partial charge on any atom is -0.327 e. The fraction of sp³-hybridized carbons (Fsp3) is 0.462. The van der Waals surface area contributed by atoms with Gasteiger partial charge in [0, 0.05) is 19.1 Å². The van der Waals surface area contributed by atoms with E-state index in [-0.39, 0.29) is 39.8 Å². The summed E-state index contributed by atoms with van der Waals surface area (Å²) < 4.78 is 26.5. The largest absolute Gasteiger partial charge is 0.327 e. The summed E-state index contributed by atoms with van der Waals surface area (Å²) >= 11 is 5.90. The van der Waals surface area contributed by atoms with E-state index in [1.54, 1.807) is 0 Å². The molecule has 2 atom stereocenters. The first kappa shape index (κ1) is 18.2. The molecule has 1 saturated heterocycles. The smallest absolute Gasteiger partial charge is 0.243 e. The van der Waals surface area contributed by atoms with E-state index in [1.807, 2.05) is 13.0 Å². The number of sulfonamides is 1. The summed E-state index contributed by atoms with van der Waals surface area (Å²) in [5.41, 5.74) is 6.17. The van der Waals surface area contributed by atoms with Crippen molar-refractivity contribution < 1.29 is 8.42 Å². The number of nitriles is 1. The van der Waals surface area contributed by atoms with Gasteiger partial charge in [-0.15, -0.1) is 12.4 Å². The summed E-state index contributed by atoms with van der Waals surface area (Å²) in [4.78, 5) is 0.115. The van der Waals surface area contributed by atoms with Crippen molar-refractivity contribution in [1.82, 2.24) is 4.31 Å². The first-order valence-corrected chi connectivity index (χ1v) is 8.13. The summed E-state index contributed by atoms with van der Waals surface area (Å²) in [5, 5.41) is 8.96. The van der Waals surface area contributed by atoms with Gasteiger partial charge in [-0.3, -0.25) is 0 Å². The predicted octanol–water partition coefficient (Wildman–Crippen LogP) is 1.99. The van der Waals surface area contributed by atoms with Gasteiger partial charge in [0.15, 0.2) is 0 Å². The van der Waals surface area contributed by atoms with E-state index in [0.717, 1.165) is 0 Å². The van der Waals surface area contributed by atoms with Gasteiger partial charge < -0.3 is 5.73 Å². The third-order valence-electron chi connectivity index (χ3n) is 3.63. The topological polar surface area (TPSA) is 87.2 Å². The highest BCUT2D eigenvalue weighted by atomic mass is 35.5. The van der Waals surface area contributed by atoms with Crippen molar-refractivity contribution >= 4 is 34.0 Å². The molecule has 2 N–H and O–H groups in total. The fourth-order valence-electron chi connectivity index (χ4n) is 2.24. The van der Waals surface area contributed by atoms with Gasteiger partial charge in [0.05, 0.1) is 15.5 Å². The number of piperidine rings is 1. The average molecular weight is 350 g/mol. The Morgan fingerprint density at radius 3 is 2.67 bits per heavy atom. The fourth-order valence-corrected chi connectivity index (χ4v) is 4.11. The molecule has 0 amide bonds. The van der Waals surface area contributed by atoms with E-state index < -0.39 is 10.0 Å². The molecule has 0 aromatic heterocycles. The van der Waals surface area contributed by atoms with Crippen LogP contribution in [0.2, 0.25) is 5.02 Å². The summed E-state index contributed by atoms with van der Waals surface area (Å²) in [6.45, 7) is 2.75. The minimum absolute atomic E-state index is 0. The lowest BCUT2D eigenvalue weighted by molar-refractivity contribution is 0.250. The molecule has 21 heavy (non-hydrogen) atoms. The molecule has 0 spiro atoms. The Bertz CT molecular complexity index is 658. The number of halogens is 2. The maximum atomic E-state index is 12.5. The summed E-state index contributed by atoms with van der Waals surface area (Å²) in [6, 6.07) is 6.11. The van der Waals surface area contributed by atoms with Crippen LogP contribution < -0.4 is 5.73 Å². The molecular formula is C13H17Cl2N3O2S. The van der Waals surface area contributed by atoms with Crippen LogP contribution in [0.1, 0.15) is 18.9 Å². The molecule has 0 saturated carbocycles. The van der Waals surface area contributed by atoms with Gasteiger partial charge in [-0.2, -0.15) is 9.57 Å². The monoisotopic (exact) mass is 349 g/mol. The van der Waals surface area contributed by atoms with Crippen LogP contribution in [0.4, 0.5) is 0 Å². The maximum absolute atomic E-state index is 12.5. The molecule has 0 radical (unpaired) electrons. The van der Waals surface area contributed by atoms with Gasteiger partial charge >= 0.3 is 0 Å². The Morgan fingerprint density at radius 2 is 2.14 bits per heavy atom. The van der Waals surface area contributed by atoms with Gasteiger partial charge in [-0.05, 0) is 30.5 Å². The highest BCUT2D eigenvalue weighted by Gasteiger charge is 2.32. The molecule has 0 aliphatic carbocycles. The summed E-state index contributed by atoms with van der Waals surface area (Å²) in [7, 11) is -3.58. The number of rotatable bonds is 2. The van der Waals surface area contributed by atoms with Crippen molar-refractivity contribution in [2.24, 2.45) is 11.7 Å². The van der Waals surface area contributed by atoms with Gasteiger partial charge in [0.1, 0.15) is 6.07 Å². The maximum Gasteiger partial charge on any atom is 0.243 e. The lowest BCUT2D eigenvalue weighted by Gasteiger charge is -2.34. The third-order valence-corrected chi connectivity index (χ3v) is 5.81. The third kappa shape index (κ3) is 3.68. The highest BCUT2D eigenvalue weighted by Crippen LogP contribution is 2.26. The average Bonchev–Trinajstić information content (AvgIpc) is 2.41. The van der Waals surface area contributed by atoms with E-state index in [1.165, 1.54) is 22.5 Å². The minimum atomic E-state index is -3.58. The van der Waals surface area contributed by atoms with Crippen molar-refractivity contribution in [3.05, 3.63) is 28.8 Å². The molecule has 8 heteroatoms. The predicted molar refractivity (Wildman–Crippen MR) is 83.9 cm³/mol. The summed E-state index contributed by atoms with van der Waals surface area (Å²) in [6.07, 6.45) is 0.643. The number of hydrogen-bond donors (Lipinski definition) is 1. The van der Waals surface area contributed by atoms with Crippen molar-refractivity contribution in [2.75, 3.05) is 13.1 Å². The van der Waals surface area contributed by atoms with E-state index in [9.17, 15) is 8.42 Å². The molecule has 1 fully saturated rings. The van der Waals surface area contributed by atoms with Crippen LogP contribution in [0.5, 0.6) is 0 Å².